The lowest BCUT2D eigenvalue weighted by atomic mass is 9.99. The van der Waals surface area contributed by atoms with Gasteiger partial charge in [-0.3, -0.25) is 37.3 Å². The summed E-state index contributed by atoms with van der Waals surface area (Å²) in [5.41, 5.74) is 0. The van der Waals surface area contributed by atoms with Gasteiger partial charge in [-0.15, -0.1) is 0 Å². The molecule has 0 aliphatic carbocycles. The molecule has 0 aromatic carbocycles. The van der Waals surface area contributed by atoms with Crippen LogP contribution in [0.5, 0.6) is 0 Å². The Labute approximate surface area is 537 Å². The minimum Gasteiger partial charge on any atom is -0.462 e. The van der Waals surface area contributed by atoms with Gasteiger partial charge in [-0.25, -0.2) is 9.13 Å². The quantitative estimate of drug-likeness (QED) is 0.0222. The van der Waals surface area contributed by atoms with E-state index in [9.17, 15) is 43.2 Å². The Morgan fingerprint density at radius 2 is 0.580 bits per heavy atom. The molecule has 19 heteroatoms. The van der Waals surface area contributed by atoms with Crippen molar-refractivity contribution >= 4 is 39.5 Å². The van der Waals surface area contributed by atoms with Crippen LogP contribution in [0, 0.1) is 11.8 Å². The topological polar surface area (TPSA) is 237 Å². The van der Waals surface area contributed by atoms with Gasteiger partial charge in [0.05, 0.1) is 26.4 Å². The Balaban J connectivity index is 5.11. The number of ether oxygens (including phenoxy) is 4. The van der Waals surface area contributed by atoms with Gasteiger partial charge in [0.25, 0.3) is 0 Å². The molecule has 0 aliphatic heterocycles. The van der Waals surface area contributed by atoms with E-state index >= 15 is 0 Å². The Kier molecular flexibility index (Phi) is 59.9. The lowest BCUT2D eigenvalue weighted by molar-refractivity contribution is -0.161. The molecule has 0 radical (unpaired) electrons. The van der Waals surface area contributed by atoms with Gasteiger partial charge >= 0.3 is 39.5 Å². The molecule has 0 amide bonds. The first kappa shape index (κ1) is 86.1. The van der Waals surface area contributed by atoms with Crippen LogP contribution in [0.1, 0.15) is 350 Å². The second kappa shape index (κ2) is 61.3. The number of carbonyl (C=O) groups is 4. The summed E-state index contributed by atoms with van der Waals surface area (Å²) in [4.78, 5) is 72.0. The zero-order chi connectivity index (χ0) is 65.0. The van der Waals surface area contributed by atoms with Crippen LogP contribution in [0.3, 0.4) is 0 Å². The molecule has 6 atom stereocenters. The monoisotopic (exact) mass is 1300 g/mol. The molecule has 0 bridgehead atoms. The van der Waals surface area contributed by atoms with Gasteiger partial charge in [0, 0.05) is 25.7 Å². The van der Waals surface area contributed by atoms with Crippen LogP contribution in [-0.2, 0) is 65.4 Å². The van der Waals surface area contributed by atoms with Crippen LogP contribution >= 0.6 is 15.6 Å². The number of phosphoric acid groups is 2. The van der Waals surface area contributed by atoms with E-state index < -0.39 is 97.5 Å². The maximum atomic E-state index is 13.0. The summed E-state index contributed by atoms with van der Waals surface area (Å²) >= 11 is 0. The van der Waals surface area contributed by atoms with Crippen LogP contribution in [0.15, 0.2) is 0 Å². The number of aliphatic hydroxyl groups excluding tert-OH is 1. The Morgan fingerprint density at radius 1 is 0.330 bits per heavy atom. The molecular weight excluding hydrogens is 1160 g/mol. The predicted molar refractivity (Wildman–Crippen MR) is 354 cm³/mol. The highest BCUT2D eigenvalue weighted by Crippen LogP contribution is 2.45. The number of hydrogen-bond acceptors (Lipinski definition) is 15. The Morgan fingerprint density at radius 3 is 0.864 bits per heavy atom. The van der Waals surface area contributed by atoms with E-state index in [4.69, 9.17) is 37.0 Å². The molecule has 0 spiro atoms. The fourth-order valence-corrected chi connectivity index (χ4v) is 12.0. The molecule has 0 heterocycles. The third-order valence-electron chi connectivity index (χ3n) is 16.3. The van der Waals surface area contributed by atoms with Gasteiger partial charge in [0.1, 0.15) is 19.3 Å². The van der Waals surface area contributed by atoms with Crippen molar-refractivity contribution in [1.29, 1.82) is 0 Å². The third kappa shape index (κ3) is 61.6. The first-order chi connectivity index (χ1) is 42.4. The van der Waals surface area contributed by atoms with E-state index in [1.54, 1.807) is 0 Å². The number of hydrogen-bond donors (Lipinski definition) is 3. The third-order valence-corrected chi connectivity index (χ3v) is 18.2. The maximum Gasteiger partial charge on any atom is 0.472 e. The number of phosphoric ester groups is 2. The van der Waals surface area contributed by atoms with Gasteiger partial charge in [-0.05, 0) is 37.5 Å². The van der Waals surface area contributed by atoms with Crippen LogP contribution in [-0.4, -0.2) is 96.7 Å². The fraction of sp³-hybridized carbons (Fsp3) is 0.942. The summed E-state index contributed by atoms with van der Waals surface area (Å²) in [5, 5.41) is 10.5. The standard InChI is InChI=1S/C69H134O17P2/c1-7-10-12-14-32-41-47-53-68(73)85-64(57-79-66(71)51-45-37-13-11-8-2)59-83-87(75,76)81-55-63(70)56-82-88(77,78)84-60-65(86-69(74)54-48-42-36-31-27-23-17-15-16-20-24-28-33-38-43-49-61(4)5)58-80-67(72)52-46-40-35-30-26-22-19-18-21-25-29-34-39-44-50-62(6)9-3/h61-65,70H,7-60H2,1-6H3,(H,75,76)(H,77,78)/t62?,63-,64+,65+/m0/s1. The first-order valence-corrected chi connectivity index (χ1v) is 39.0. The van der Waals surface area contributed by atoms with Crippen molar-refractivity contribution in [2.75, 3.05) is 39.6 Å². The number of rotatable bonds is 68. The van der Waals surface area contributed by atoms with Gasteiger partial charge in [0.15, 0.2) is 12.2 Å². The number of aliphatic hydroxyl groups is 1. The molecule has 17 nitrogen and oxygen atoms in total. The van der Waals surface area contributed by atoms with Crippen molar-refractivity contribution in [2.45, 2.75) is 368 Å². The SMILES string of the molecule is CCCCCCCCCC(=O)O[C@H](COC(=O)CCCCCCC)COP(=O)(O)OC[C@H](O)COP(=O)(O)OC[C@@H](COC(=O)CCCCCCCCCCCCCCCCC(C)CC)OC(=O)CCCCCCCCCCCCCCCCCC(C)C. The second-order valence-corrected chi connectivity index (χ2v) is 28.5. The molecule has 522 valence electrons. The lowest BCUT2D eigenvalue weighted by Gasteiger charge is -2.21. The summed E-state index contributed by atoms with van der Waals surface area (Å²) in [7, 11) is -9.88. The summed E-state index contributed by atoms with van der Waals surface area (Å²) < 4.78 is 67.9. The summed E-state index contributed by atoms with van der Waals surface area (Å²) in [6.07, 6.45) is 46.4. The van der Waals surface area contributed by atoms with Gasteiger partial charge in [0.2, 0.25) is 0 Å². The summed E-state index contributed by atoms with van der Waals surface area (Å²) in [6, 6.07) is 0. The highest BCUT2D eigenvalue weighted by molar-refractivity contribution is 7.47. The van der Waals surface area contributed by atoms with Gasteiger partial charge < -0.3 is 33.8 Å². The number of carbonyl (C=O) groups excluding carboxylic acids is 4. The lowest BCUT2D eigenvalue weighted by Crippen LogP contribution is -2.30. The molecular formula is C69H134O17P2. The van der Waals surface area contributed by atoms with Crippen LogP contribution < -0.4 is 0 Å². The van der Waals surface area contributed by atoms with Gasteiger partial charge in [-0.1, -0.05) is 298 Å². The fourth-order valence-electron chi connectivity index (χ4n) is 10.4. The molecule has 88 heavy (non-hydrogen) atoms. The van der Waals surface area contributed by atoms with Crippen LogP contribution in [0.25, 0.3) is 0 Å². The van der Waals surface area contributed by atoms with Crippen molar-refractivity contribution in [2.24, 2.45) is 11.8 Å². The van der Waals surface area contributed by atoms with Crippen molar-refractivity contribution in [1.82, 2.24) is 0 Å². The van der Waals surface area contributed by atoms with E-state index in [0.717, 1.165) is 121 Å². The maximum absolute atomic E-state index is 13.0. The average Bonchev–Trinajstić information content (AvgIpc) is 3.50. The molecule has 0 aromatic heterocycles. The Bertz CT molecular complexity index is 1720. The molecule has 0 rings (SSSR count). The van der Waals surface area contributed by atoms with E-state index in [2.05, 4.69) is 41.5 Å². The number of unbranched alkanes of at least 4 members (excludes halogenated alkanes) is 37. The van der Waals surface area contributed by atoms with Crippen molar-refractivity contribution in [3.63, 3.8) is 0 Å². The zero-order valence-electron chi connectivity index (χ0n) is 57.0. The minimum atomic E-state index is -4.95. The van der Waals surface area contributed by atoms with E-state index in [1.165, 1.54) is 148 Å². The van der Waals surface area contributed by atoms with E-state index in [-0.39, 0.29) is 25.7 Å². The molecule has 0 saturated carbocycles. The molecule has 0 aliphatic rings. The van der Waals surface area contributed by atoms with Crippen LogP contribution in [0.4, 0.5) is 0 Å². The van der Waals surface area contributed by atoms with Gasteiger partial charge in [-0.2, -0.15) is 0 Å². The largest absolute Gasteiger partial charge is 0.472 e. The highest BCUT2D eigenvalue weighted by atomic mass is 31.2. The minimum absolute atomic E-state index is 0.103. The average molecular weight is 1300 g/mol. The van der Waals surface area contributed by atoms with Crippen molar-refractivity contribution in [3.05, 3.63) is 0 Å². The summed E-state index contributed by atoms with van der Waals surface area (Å²) in [6.45, 7) is 9.49. The normalized spacial score (nSPS) is 14.5. The zero-order valence-corrected chi connectivity index (χ0v) is 58.8. The van der Waals surface area contributed by atoms with Crippen molar-refractivity contribution in [3.8, 4) is 0 Å². The highest BCUT2D eigenvalue weighted by Gasteiger charge is 2.30. The molecule has 0 aromatic rings. The predicted octanol–water partition coefficient (Wildman–Crippen LogP) is 19.6. The first-order valence-electron chi connectivity index (χ1n) is 36.0. The smallest absolute Gasteiger partial charge is 0.462 e. The molecule has 0 fully saturated rings. The summed E-state index contributed by atoms with van der Waals surface area (Å²) in [5.74, 6) is -0.489. The Hall–Kier alpha value is -1.94. The van der Waals surface area contributed by atoms with E-state index in [1.807, 2.05) is 0 Å². The molecule has 3 N–H and O–H groups in total. The van der Waals surface area contributed by atoms with Crippen LogP contribution in [0.2, 0.25) is 0 Å². The molecule has 3 unspecified atom stereocenters. The number of esters is 4. The van der Waals surface area contributed by atoms with E-state index in [0.29, 0.717) is 25.7 Å². The second-order valence-electron chi connectivity index (χ2n) is 25.6. The van der Waals surface area contributed by atoms with Crippen molar-refractivity contribution < 1.29 is 80.2 Å². The molecule has 0 saturated heterocycles.